The molecule has 1 N–H and O–H groups in total. The number of hydrogen-bond donors (Lipinski definition) is 1. The molecule has 19 heavy (non-hydrogen) atoms. The molecule has 1 atom stereocenters. The lowest BCUT2D eigenvalue weighted by atomic mass is 10.00. The van der Waals surface area contributed by atoms with Crippen LogP contribution in [-0.2, 0) is 11.3 Å². The van der Waals surface area contributed by atoms with Crippen molar-refractivity contribution in [1.82, 2.24) is 10.2 Å². The molecule has 0 spiro atoms. The molecule has 1 unspecified atom stereocenters. The van der Waals surface area contributed by atoms with Crippen molar-refractivity contribution < 1.29 is 4.74 Å². The van der Waals surface area contributed by atoms with Crippen LogP contribution in [0.2, 0.25) is 0 Å². The Morgan fingerprint density at radius 1 is 1.16 bits per heavy atom. The number of rotatable bonds is 3. The minimum atomic E-state index is 0.231. The number of hydrogen-bond acceptors (Lipinski definition) is 3. The molecule has 2 aliphatic heterocycles. The quantitative estimate of drug-likeness (QED) is 0.903. The van der Waals surface area contributed by atoms with Gasteiger partial charge in [-0.15, -0.1) is 0 Å². The number of ether oxygens (including phenoxy) is 1. The number of morpholine rings is 1. The van der Waals surface area contributed by atoms with E-state index in [0.717, 1.165) is 26.2 Å². The Balaban J connectivity index is 1.72. The second-order valence-electron chi connectivity index (χ2n) is 5.60. The third-order valence-electron chi connectivity index (χ3n) is 4.17. The van der Waals surface area contributed by atoms with Gasteiger partial charge in [0, 0.05) is 19.6 Å². The van der Waals surface area contributed by atoms with Gasteiger partial charge in [-0.3, -0.25) is 4.90 Å². The van der Waals surface area contributed by atoms with Crippen LogP contribution in [0, 0.1) is 0 Å². The van der Waals surface area contributed by atoms with E-state index in [0.29, 0.717) is 0 Å². The van der Waals surface area contributed by atoms with Gasteiger partial charge in [-0.1, -0.05) is 30.7 Å². The molecule has 0 saturated carbocycles. The summed E-state index contributed by atoms with van der Waals surface area (Å²) >= 11 is 0. The van der Waals surface area contributed by atoms with Crippen LogP contribution in [0.25, 0.3) is 0 Å². The minimum Gasteiger partial charge on any atom is -0.371 e. The van der Waals surface area contributed by atoms with Crippen molar-refractivity contribution in [2.24, 2.45) is 0 Å². The van der Waals surface area contributed by atoms with Crippen LogP contribution in [0.4, 0.5) is 0 Å². The molecule has 0 amide bonds. The Bertz CT molecular complexity index is 395. The van der Waals surface area contributed by atoms with Gasteiger partial charge < -0.3 is 10.1 Å². The number of nitrogens with zero attached hydrogens (tertiary/aromatic N) is 1. The monoisotopic (exact) mass is 260 g/mol. The van der Waals surface area contributed by atoms with Crippen molar-refractivity contribution in [3.63, 3.8) is 0 Å². The third kappa shape index (κ3) is 3.35. The van der Waals surface area contributed by atoms with E-state index < -0.39 is 0 Å². The van der Waals surface area contributed by atoms with E-state index in [9.17, 15) is 0 Å². The molecule has 104 valence electrons. The average Bonchev–Trinajstić information content (AvgIpc) is 2.50. The molecule has 1 aromatic carbocycles. The smallest absolute Gasteiger partial charge is 0.0953 e. The second-order valence-corrected chi connectivity index (χ2v) is 5.60. The van der Waals surface area contributed by atoms with E-state index >= 15 is 0 Å². The van der Waals surface area contributed by atoms with Gasteiger partial charge in [0.05, 0.1) is 12.7 Å². The standard InChI is InChI=1S/C16H24N2O/c1-4-9-18(10-5-1)13-14-6-2-3-7-15(14)16-12-17-8-11-19-16/h2-3,6-7,16-17H,1,4-5,8-13H2. The summed E-state index contributed by atoms with van der Waals surface area (Å²) in [5.74, 6) is 0. The summed E-state index contributed by atoms with van der Waals surface area (Å²) < 4.78 is 5.91. The van der Waals surface area contributed by atoms with Crippen LogP contribution in [-0.4, -0.2) is 37.7 Å². The van der Waals surface area contributed by atoms with Crippen molar-refractivity contribution >= 4 is 0 Å². The van der Waals surface area contributed by atoms with Gasteiger partial charge in [-0.25, -0.2) is 0 Å². The predicted molar refractivity (Wildman–Crippen MR) is 77.1 cm³/mol. The molecule has 2 aliphatic rings. The fraction of sp³-hybridized carbons (Fsp3) is 0.625. The van der Waals surface area contributed by atoms with Crippen molar-refractivity contribution in [3.8, 4) is 0 Å². The maximum atomic E-state index is 5.91. The number of piperidine rings is 1. The van der Waals surface area contributed by atoms with E-state index in [1.165, 1.54) is 43.5 Å². The Morgan fingerprint density at radius 2 is 2.00 bits per heavy atom. The summed E-state index contributed by atoms with van der Waals surface area (Å²) in [5, 5.41) is 3.43. The highest BCUT2D eigenvalue weighted by Crippen LogP contribution is 2.24. The van der Waals surface area contributed by atoms with E-state index in [4.69, 9.17) is 4.74 Å². The van der Waals surface area contributed by atoms with Crippen LogP contribution in [0.1, 0.15) is 36.5 Å². The average molecular weight is 260 g/mol. The fourth-order valence-corrected chi connectivity index (χ4v) is 3.12. The highest BCUT2D eigenvalue weighted by Gasteiger charge is 2.20. The SMILES string of the molecule is c1ccc(C2CNCCO2)c(CN2CCCCC2)c1. The summed E-state index contributed by atoms with van der Waals surface area (Å²) in [5.41, 5.74) is 2.82. The molecular formula is C16H24N2O. The Kier molecular flexibility index (Phi) is 4.49. The molecule has 3 heteroatoms. The first-order valence-electron chi connectivity index (χ1n) is 7.56. The highest BCUT2D eigenvalue weighted by atomic mass is 16.5. The number of benzene rings is 1. The Labute approximate surface area is 115 Å². The van der Waals surface area contributed by atoms with Gasteiger partial charge in [0.15, 0.2) is 0 Å². The van der Waals surface area contributed by atoms with E-state index in [1.807, 2.05) is 0 Å². The van der Waals surface area contributed by atoms with Crippen LogP contribution in [0.3, 0.4) is 0 Å². The van der Waals surface area contributed by atoms with Crippen molar-refractivity contribution in [1.29, 1.82) is 0 Å². The first kappa shape index (κ1) is 13.1. The molecule has 1 aromatic rings. The lowest BCUT2D eigenvalue weighted by molar-refractivity contribution is 0.0266. The van der Waals surface area contributed by atoms with Gasteiger partial charge in [-0.2, -0.15) is 0 Å². The molecule has 3 nitrogen and oxygen atoms in total. The fourth-order valence-electron chi connectivity index (χ4n) is 3.12. The van der Waals surface area contributed by atoms with Gasteiger partial charge in [-0.05, 0) is 37.1 Å². The molecule has 2 fully saturated rings. The van der Waals surface area contributed by atoms with Crippen LogP contribution >= 0.6 is 0 Å². The van der Waals surface area contributed by atoms with Gasteiger partial charge in [0.1, 0.15) is 0 Å². The highest BCUT2D eigenvalue weighted by molar-refractivity contribution is 5.29. The first-order valence-corrected chi connectivity index (χ1v) is 7.56. The molecular weight excluding hydrogens is 236 g/mol. The summed E-state index contributed by atoms with van der Waals surface area (Å²) in [4.78, 5) is 2.58. The predicted octanol–water partition coefficient (Wildman–Crippen LogP) is 2.33. The van der Waals surface area contributed by atoms with Gasteiger partial charge in [0.25, 0.3) is 0 Å². The molecule has 3 rings (SSSR count). The van der Waals surface area contributed by atoms with Crippen molar-refractivity contribution in [3.05, 3.63) is 35.4 Å². The Hall–Kier alpha value is -0.900. The molecule has 2 saturated heterocycles. The number of likely N-dealkylation sites (tertiary alicyclic amines) is 1. The topological polar surface area (TPSA) is 24.5 Å². The summed E-state index contributed by atoms with van der Waals surface area (Å²) in [6.45, 7) is 6.32. The minimum absolute atomic E-state index is 0.231. The van der Waals surface area contributed by atoms with Crippen LogP contribution in [0.15, 0.2) is 24.3 Å². The zero-order valence-electron chi connectivity index (χ0n) is 11.6. The van der Waals surface area contributed by atoms with Gasteiger partial charge in [0.2, 0.25) is 0 Å². The molecule has 0 radical (unpaired) electrons. The summed E-state index contributed by atoms with van der Waals surface area (Å²) in [7, 11) is 0. The largest absolute Gasteiger partial charge is 0.371 e. The molecule has 0 aliphatic carbocycles. The number of nitrogens with one attached hydrogen (secondary N) is 1. The van der Waals surface area contributed by atoms with E-state index in [-0.39, 0.29) is 6.10 Å². The lowest BCUT2D eigenvalue weighted by Crippen LogP contribution is -2.34. The third-order valence-corrected chi connectivity index (χ3v) is 4.17. The Morgan fingerprint density at radius 3 is 2.79 bits per heavy atom. The summed E-state index contributed by atoms with van der Waals surface area (Å²) in [6, 6.07) is 8.78. The normalized spacial score (nSPS) is 25.4. The van der Waals surface area contributed by atoms with Gasteiger partial charge >= 0.3 is 0 Å². The van der Waals surface area contributed by atoms with Crippen molar-refractivity contribution in [2.45, 2.75) is 31.9 Å². The maximum Gasteiger partial charge on any atom is 0.0953 e. The molecule has 0 aromatic heterocycles. The lowest BCUT2D eigenvalue weighted by Gasteiger charge is -2.30. The van der Waals surface area contributed by atoms with Crippen LogP contribution in [0.5, 0.6) is 0 Å². The zero-order chi connectivity index (χ0) is 12.9. The van der Waals surface area contributed by atoms with E-state index in [2.05, 4.69) is 34.5 Å². The zero-order valence-corrected chi connectivity index (χ0v) is 11.6. The first-order chi connectivity index (χ1) is 9.43. The second kappa shape index (κ2) is 6.51. The van der Waals surface area contributed by atoms with Crippen LogP contribution < -0.4 is 5.32 Å². The van der Waals surface area contributed by atoms with E-state index in [1.54, 1.807) is 0 Å². The molecule has 0 bridgehead atoms. The summed E-state index contributed by atoms with van der Waals surface area (Å²) in [6.07, 6.45) is 4.33. The molecule has 2 heterocycles. The maximum absolute atomic E-state index is 5.91. The van der Waals surface area contributed by atoms with Crippen molar-refractivity contribution in [2.75, 3.05) is 32.8 Å².